The molecule has 3 aromatic carbocycles. The summed E-state index contributed by atoms with van der Waals surface area (Å²) >= 11 is 0. The van der Waals surface area contributed by atoms with E-state index in [1.54, 1.807) is 19.1 Å². The fourth-order valence-corrected chi connectivity index (χ4v) is 3.46. The highest BCUT2D eigenvalue weighted by Crippen LogP contribution is 2.26. The number of benzene rings is 3. The average Bonchev–Trinajstić information content (AvgIpc) is 2.77. The number of nitrogens with one attached hydrogen (secondary N) is 2. The summed E-state index contributed by atoms with van der Waals surface area (Å²) in [7, 11) is 1.47. The SMILES string of the molecule is COc1ccc(C)c2c(=O)cc(C(=O)Nc3ccc(-c4cc(F)c(F)c(F)c4)cc3)[nH]c12. The number of rotatable bonds is 4. The summed E-state index contributed by atoms with van der Waals surface area (Å²) in [6.45, 7) is 1.79. The predicted octanol–water partition coefficient (Wildman–Crippen LogP) is 5.18. The number of hydrogen-bond acceptors (Lipinski definition) is 3. The predicted molar refractivity (Wildman–Crippen MR) is 116 cm³/mol. The second-order valence-corrected chi connectivity index (χ2v) is 7.17. The smallest absolute Gasteiger partial charge is 0.272 e. The molecule has 1 aromatic heterocycles. The Hall–Kier alpha value is -4.07. The number of H-pyrrole nitrogens is 1. The molecule has 0 atom stereocenters. The third-order valence-corrected chi connectivity index (χ3v) is 5.08. The van der Waals surface area contributed by atoms with Crippen molar-refractivity contribution in [3.63, 3.8) is 0 Å². The maximum atomic E-state index is 13.5. The minimum Gasteiger partial charge on any atom is -0.495 e. The molecule has 5 nitrogen and oxygen atoms in total. The maximum Gasteiger partial charge on any atom is 0.272 e. The van der Waals surface area contributed by atoms with Gasteiger partial charge in [-0.05, 0) is 53.9 Å². The lowest BCUT2D eigenvalue weighted by atomic mass is 10.0. The van der Waals surface area contributed by atoms with Crippen molar-refractivity contribution in [2.75, 3.05) is 12.4 Å². The number of anilines is 1. The Labute approximate surface area is 180 Å². The zero-order valence-electron chi connectivity index (χ0n) is 17.1. The number of carbonyl (C=O) groups excluding carboxylic acids is 1. The number of pyridine rings is 1. The largest absolute Gasteiger partial charge is 0.495 e. The quantitative estimate of drug-likeness (QED) is 0.431. The van der Waals surface area contributed by atoms with E-state index in [4.69, 9.17) is 4.74 Å². The van der Waals surface area contributed by atoms with Crippen LogP contribution in [0.1, 0.15) is 16.1 Å². The highest BCUT2D eigenvalue weighted by Gasteiger charge is 2.15. The molecule has 162 valence electrons. The normalized spacial score (nSPS) is 10.9. The lowest BCUT2D eigenvalue weighted by molar-refractivity contribution is 0.102. The zero-order valence-corrected chi connectivity index (χ0v) is 17.1. The van der Waals surface area contributed by atoms with Crippen LogP contribution in [0.3, 0.4) is 0 Å². The van der Waals surface area contributed by atoms with Gasteiger partial charge in [-0.25, -0.2) is 13.2 Å². The van der Waals surface area contributed by atoms with Crippen LogP contribution < -0.4 is 15.5 Å². The van der Waals surface area contributed by atoms with E-state index in [0.29, 0.717) is 27.9 Å². The van der Waals surface area contributed by atoms with Gasteiger partial charge in [0.05, 0.1) is 18.0 Å². The topological polar surface area (TPSA) is 71.2 Å². The van der Waals surface area contributed by atoms with Crippen molar-refractivity contribution in [3.8, 4) is 16.9 Å². The molecule has 0 unspecified atom stereocenters. The van der Waals surface area contributed by atoms with Crippen molar-refractivity contribution in [3.05, 3.63) is 93.5 Å². The molecule has 32 heavy (non-hydrogen) atoms. The molecule has 4 aromatic rings. The molecule has 8 heteroatoms. The van der Waals surface area contributed by atoms with Gasteiger partial charge in [0, 0.05) is 11.8 Å². The fourth-order valence-electron chi connectivity index (χ4n) is 3.46. The van der Waals surface area contributed by atoms with Crippen LogP contribution in [0.15, 0.2) is 59.4 Å². The first-order chi connectivity index (χ1) is 15.3. The minimum atomic E-state index is -1.53. The first-order valence-electron chi connectivity index (χ1n) is 9.55. The van der Waals surface area contributed by atoms with Gasteiger partial charge in [0.1, 0.15) is 11.4 Å². The molecule has 0 fully saturated rings. The Morgan fingerprint density at radius 1 is 0.938 bits per heavy atom. The van der Waals surface area contributed by atoms with E-state index in [2.05, 4.69) is 10.3 Å². The van der Waals surface area contributed by atoms with Crippen molar-refractivity contribution >= 4 is 22.5 Å². The van der Waals surface area contributed by atoms with Gasteiger partial charge >= 0.3 is 0 Å². The minimum absolute atomic E-state index is 0.0400. The number of aryl methyl sites for hydroxylation is 1. The van der Waals surface area contributed by atoms with E-state index < -0.39 is 23.4 Å². The Morgan fingerprint density at radius 2 is 1.59 bits per heavy atom. The molecule has 0 aliphatic heterocycles. The number of aromatic amines is 1. The number of fused-ring (bicyclic) bond motifs is 1. The van der Waals surface area contributed by atoms with Gasteiger partial charge in [-0.3, -0.25) is 9.59 Å². The van der Waals surface area contributed by atoms with E-state index in [1.165, 1.54) is 37.4 Å². The molecule has 0 aliphatic rings. The summed E-state index contributed by atoms with van der Waals surface area (Å²) in [5, 5.41) is 3.09. The summed E-state index contributed by atoms with van der Waals surface area (Å²) in [4.78, 5) is 28.2. The summed E-state index contributed by atoms with van der Waals surface area (Å²) in [6, 6.07) is 12.6. The highest BCUT2D eigenvalue weighted by molar-refractivity contribution is 6.04. The van der Waals surface area contributed by atoms with Crippen LogP contribution in [0, 0.1) is 24.4 Å². The molecular formula is C24H17F3N2O3. The number of aromatic nitrogens is 1. The van der Waals surface area contributed by atoms with Crippen LogP contribution >= 0.6 is 0 Å². The van der Waals surface area contributed by atoms with Crippen LogP contribution in [-0.4, -0.2) is 18.0 Å². The Bertz CT molecular complexity index is 1390. The van der Waals surface area contributed by atoms with Gasteiger partial charge in [-0.15, -0.1) is 0 Å². The van der Waals surface area contributed by atoms with Crippen LogP contribution in [0.5, 0.6) is 5.75 Å². The number of amides is 1. The molecule has 0 aliphatic carbocycles. The molecule has 4 rings (SSSR count). The average molecular weight is 438 g/mol. The number of methoxy groups -OCH3 is 1. The van der Waals surface area contributed by atoms with Gasteiger partial charge in [0.15, 0.2) is 22.9 Å². The second kappa shape index (κ2) is 8.22. The van der Waals surface area contributed by atoms with E-state index >= 15 is 0 Å². The second-order valence-electron chi connectivity index (χ2n) is 7.17. The van der Waals surface area contributed by atoms with Crippen LogP contribution in [0.2, 0.25) is 0 Å². The lowest BCUT2D eigenvalue weighted by Crippen LogP contribution is -2.17. The van der Waals surface area contributed by atoms with Gasteiger partial charge in [-0.2, -0.15) is 0 Å². The summed E-state index contributed by atoms with van der Waals surface area (Å²) in [6.07, 6.45) is 0. The lowest BCUT2D eigenvalue weighted by Gasteiger charge is -2.11. The van der Waals surface area contributed by atoms with Gasteiger partial charge in [0.25, 0.3) is 5.91 Å². The Morgan fingerprint density at radius 3 is 2.22 bits per heavy atom. The number of carbonyl (C=O) groups is 1. The van der Waals surface area contributed by atoms with Gasteiger partial charge in [0.2, 0.25) is 0 Å². The molecule has 0 bridgehead atoms. The van der Waals surface area contributed by atoms with Crippen LogP contribution in [0.25, 0.3) is 22.0 Å². The number of hydrogen-bond donors (Lipinski definition) is 2. The molecule has 1 amide bonds. The molecular weight excluding hydrogens is 421 g/mol. The van der Waals surface area contributed by atoms with Gasteiger partial charge in [-0.1, -0.05) is 18.2 Å². The molecule has 2 N–H and O–H groups in total. The van der Waals surface area contributed by atoms with E-state index in [-0.39, 0.29) is 16.7 Å². The fraction of sp³-hybridized carbons (Fsp3) is 0.0833. The van der Waals surface area contributed by atoms with E-state index in [0.717, 1.165) is 17.7 Å². The monoisotopic (exact) mass is 438 g/mol. The Balaban J connectivity index is 1.62. The first kappa shape index (κ1) is 21.2. The highest BCUT2D eigenvalue weighted by atomic mass is 19.2. The Kier molecular flexibility index (Phi) is 5.44. The van der Waals surface area contributed by atoms with Crippen LogP contribution in [-0.2, 0) is 0 Å². The first-order valence-corrected chi connectivity index (χ1v) is 9.55. The van der Waals surface area contributed by atoms with Crippen molar-refractivity contribution in [1.29, 1.82) is 0 Å². The molecule has 0 saturated heterocycles. The van der Waals surface area contributed by atoms with Crippen LogP contribution in [0.4, 0.5) is 18.9 Å². The number of halogens is 3. The summed E-state index contributed by atoms with van der Waals surface area (Å²) in [5.41, 5.74) is 1.85. The number of ether oxygens (including phenoxy) is 1. The standard InChI is InChI=1S/C24H17F3N2O3/c1-12-3-8-20(32-2)23-21(12)19(30)11-18(29-23)24(31)28-15-6-4-13(5-7-15)14-9-16(25)22(27)17(26)10-14/h3-11H,1-2H3,(H,28,31)(H,29,30). The van der Waals surface area contributed by atoms with E-state index in [1.807, 2.05) is 0 Å². The third-order valence-electron chi connectivity index (χ3n) is 5.08. The zero-order chi connectivity index (χ0) is 23.0. The van der Waals surface area contributed by atoms with Crippen molar-refractivity contribution < 1.29 is 22.7 Å². The van der Waals surface area contributed by atoms with E-state index in [9.17, 15) is 22.8 Å². The summed E-state index contributed by atoms with van der Waals surface area (Å²) < 4.78 is 45.4. The molecule has 0 saturated carbocycles. The molecule has 0 radical (unpaired) electrons. The molecule has 0 spiro atoms. The van der Waals surface area contributed by atoms with Crippen molar-refractivity contribution in [1.82, 2.24) is 4.98 Å². The summed E-state index contributed by atoms with van der Waals surface area (Å²) in [5.74, 6) is -4.24. The maximum absolute atomic E-state index is 13.5. The van der Waals surface area contributed by atoms with Gasteiger partial charge < -0.3 is 15.0 Å². The molecule has 1 heterocycles. The van der Waals surface area contributed by atoms with Crippen molar-refractivity contribution in [2.45, 2.75) is 6.92 Å². The third kappa shape index (κ3) is 3.82. The van der Waals surface area contributed by atoms with Crippen molar-refractivity contribution in [2.24, 2.45) is 0 Å².